The molecular weight excluding hydrogens is 272 g/mol. The van der Waals surface area contributed by atoms with E-state index in [0.717, 1.165) is 10.1 Å². The quantitative estimate of drug-likeness (QED) is 0.870. The zero-order valence-corrected chi connectivity index (χ0v) is 13.2. The molecular formula is C12H21ClN2S2. The standard InChI is InChI=1S/C12H21ClN2S2/c1-8(7-16-4)15(3)12(9(2)14)10-5-6-11(13)17-10/h5-6,8-9,12H,7,14H2,1-4H3. The minimum absolute atomic E-state index is 0.0963. The maximum Gasteiger partial charge on any atom is 0.0931 e. The van der Waals surface area contributed by atoms with Crippen LogP contribution < -0.4 is 5.73 Å². The van der Waals surface area contributed by atoms with Gasteiger partial charge in [0.2, 0.25) is 0 Å². The molecule has 0 spiro atoms. The second-order valence-corrected chi connectivity index (χ2v) is 7.07. The Morgan fingerprint density at radius 3 is 2.53 bits per heavy atom. The fraction of sp³-hybridized carbons (Fsp3) is 0.667. The number of hydrogen-bond acceptors (Lipinski definition) is 4. The van der Waals surface area contributed by atoms with E-state index in [-0.39, 0.29) is 12.1 Å². The topological polar surface area (TPSA) is 29.3 Å². The number of halogens is 1. The Bertz CT molecular complexity index is 341. The van der Waals surface area contributed by atoms with Gasteiger partial charge in [0, 0.05) is 22.7 Å². The van der Waals surface area contributed by atoms with Gasteiger partial charge in [0.15, 0.2) is 0 Å². The average Bonchev–Trinajstić information content (AvgIpc) is 2.64. The molecule has 0 aliphatic rings. The second-order valence-electron chi connectivity index (χ2n) is 4.42. The number of thiophene rings is 1. The van der Waals surface area contributed by atoms with Crippen molar-refractivity contribution in [1.82, 2.24) is 4.90 Å². The third-order valence-electron chi connectivity index (χ3n) is 2.93. The van der Waals surface area contributed by atoms with Crippen LogP contribution in [0, 0.1) is 0 Å². The monoisotopic (exact) mass is 292 g/mol. The van der Waals surface area contributed by atoms with Gasteiger partial charge in [-0.05, 0) is 39.3 Å². The Labute approximate surface area is 118 Å². The van der Waals surface area contributed by atoms with Crippen molar-refractivity contribution in [1.29, 1.82) is 0 Å². The van der Waals surface area contributed by atoms with Gasteiger partial charge in [0.25, 0.3) is 0 Å². The van der Waals surface area contributed by atoms with Gasteiger partial charge in [0.1, 0.15) is 0 Å². The van der Waals surface area contributed by atoms with Gasteiger partial charge in [-0.15, -0.1) is 11.3 Å². The molecule has 2 nitrogen and oxygen atoms in total. The van der Waals surface area contributed by atoms with Crippen LogP contribution in [-0.4, -0.2) is 36.0 Å². The minimum Gasteiger partial charge on any atom is -0.326 e. The number of thioether (sulfide) groups is 1. The lowest BCUT2D eigenvalue weighted by Crippen LogP contribution is -2.42. The third-order valence-corrected chi connectivity index (χ3v) is 5.04. The molecule has 0 radical (unpaired) electrons. The molecule has 5 heteroatoms. The molecule has 1 aromatic heterocycles. The van der Waals surface area contributed by atoms with Crippen LogP contribution in [0.1, 0.15) is 24.8 Å². The maximum absolute atomic E-state index is 6.13. The molecule has 0 amide bonds. The molecule has 0 aliphatic heterocycles. The molecule has 17 heavy (non-hydrogen) atoms. The Kier molecular flexibility index (Phi) is 6.31. The number of rotatable bonds is 6. The second kappa shape index (κ2) is 7.00. The molecule has 3 unspecified atom stereocenters. The fourth-order valence-electron chi connectivity index (χ4n) is 1.95. The summed E-state index contributed by atoms with van der Waals surface area (Å²) < 4.78 is 0.830. The van der Waals surface area contributed by atoms with Crippen molar-refractivity contribution in [3.63, 3.8) is 0 Å². The van der Waals surface area contributed by atoms with E-state index in [4.69, 9.17) is 17.3 Å². The van der Waals surface area contributed by atoms with Crippen molar-refractivity contribution >= 4 is 34.7 Å². The van der Waals surface area contributed by atoms with Crippen LogP contribution in [0.4, 0.5) is 0 Å². The van der Waals surface area contributed by atoms with Crippen molar-refractivity contribution in [3.05, 3.63) is 21.3 Å². The van der Waals surface area contributed by atoms with Gasteiger partial charge in [-0.25, -0.2) is 0 Å². The van der Waals surface area contributed by atoms with E-state index >= 15 is 0 Å². The summed E-state index contributed by atoms with van der Waals surface area (Å²) in [7, 11) is 2.14. The summed E-state index contributed by atoms with van der Waals surface area (Å²) in [4.78, 5) is 3.60. The van der Waals surface area contributed by atoms with Crippen LogP contribution >= 0.6 is 34.7 Å². The van der Waals surface area contributed by atoms with Crippen LogP contribution in [-0.2, 0) is 0 Å². The van der Waals surface area contributed by atoms with E-state index in [1.54, 1.807) is 11.3 Å². The van der Waals surface area contributed by atoms with E-state index in [1.165, 1.54) is 4.88 Å². The van der Waals surface area contributed by atoms with Gasteiger partial charge in [-0.1, -0.05) is 11.6 Å². The molecule has 0 saturated carbocycles. The average molecular weight is 293 g/mol. The SMILES string of the molecule is CSCC(C)N(C)C(c1ccc(Cl)s1)C(C)N. The maximum atomic E-state index is 6.13. The molecule has 2 N–H and O–H groups in total. The number of nitrogens with two attached hydrogens (primary N) is 1. The van der Waals surface area contributed by atoms with Crippen LogP contribution in [0.15, 0.2) is 12.1 Å². The Morgan fingerprint density at radius 2 is 2.12 bits per heavy atom. The van der Waals surface area contributed by atoms with E-state index in [1.807, 2.05) is 17.8 Å². The van der Waals surface area contributed by atoms with Crippen LogP contribution in [0.3, 0.4) is 0 Å². The zero-order valence-electron chi connectivity index (χ0n) is 10.8. The molecule has 1 heterocycles. The highest BCUT2D eigenvalue weighted by Crippen LogP contribution is 2.32. The largest absolute Gasteiger partial charge is 0.326 e. The van der Waals surface area contributed by atoms with Crippen LogP contribution in [0.2, 0.25) is 4.34 Å². The molecule has 0 aromatic carbocycles. The first kappa shape index (κ1) is 15.3. The van der Waals surface area contributed by atoms with Crippen molar-refractivity contribution in [3.8, 4) is 0 Å². The third kappa shape index (κ3) is 4.14. The predicted octanol–water partition coefficient (Wildman–Crippen LogP) is 3.47. The molecule has 1 rings (SSSR count). The van der Waals surface area contributed by atoms with Gasteiger partial charge in [-0.2, -0.15) is 11.8 Å². The Hall–Kier alpha value is 0.260. The van der Waals surface area contributed by atoms with E-state index in [2.05, 4.69) is 38.1 Å². The number of hydrogen-bond donors (Lipinski definition) is 1. The smallest absolute Gasteiger partial charge is 0.0931 e. The molecule has 3 atom stereocenters. The molecule has 98 valence electrons. The van der Waals surface area contributed by atoms with Crippen LogP contribution in [0.25, 0.3) is 0 Å². The summed E-state index contributed by atoms with van der Waals surface area (Å²) in [5.41, 5.74) is 6.13. The highest BCUT2D eigenvalue weighted by atomic mass is 35.5. The highest BCUT2D eigenvalue weighted by Gasteiger charge is 2.25. The first-order chi connectivity index (χ1) is 7.97. The minimum atomic E-state index is 0.0963. The molecule has 0 saturated heterocycles. The summed E-state index contributed by atoms with van der Waals surface area (Å²) in [6.45, 7) is 4.29. The van der Waals surface area contributed by atoms with Gasteiger partial charge in [0.05, 0.1) is 10.4 Å². The van der Waals surface area contributed by atoms with Gasteiger partial charge in [-0.3, -0.25) is 4.90 Å². The summed E-state index contributed by atoms with van der Waals surface area (Å²) >= 11 is 9.50. The molecule has 1 aromatic rings. The Balaban J connectivity index is 2.86. The van der Waals surface area contributed by atoms with Crippen molar-refractivity contribution in [2.24, 2.45) is 5.73 Å². The summed E-state index contributed by atoms with van der Waals surface area (Å²) in [5.74, 6) is 1.11. The lowest BCUT2D eigenvalue weighted by atomic mass is 10.1. The number of likely N-dealkylation sites (N-methyl/N-ethyl adjacent to an activating group) is 1. The normalized spacial score (nSPS) is 17.1. The Morgan fingerprint density at radius 1 is 1.47 bits per heavy atom. The molecule has 0 aliphatic carbocycles. The van der Waals surface area contributed by atoms with Gasteiger partial charge >= 0.3 is 0 Å². The van der Waals surface area contributed by atoms with E-state index < -0.39 is 0 Å². The van der Waals surface area contributed by atoms with Crippen molar-refractivity contribution in [2.75, 3.05) is 19.1 Å². The fourth-order valence-corrected chi connectivity index (χ4v) is 4.00. The molecule has 0 bridgehead atoms. The first-order valence-electron chi connectivity index (χ1n) is 5.69. The zero-order chi connectivity index (χ0) is 13.0. The molecule has 0 fully saturated rings. The lowest BCUT2D eigenvalue weighted by Gasteiger charge is -2.34. The summed E-state index contributed by atoms with van der Waals surface area (Å²) in [6.07, 6.45) is 2.13. The van der Waals surface area contributed by atoms with E-state index in [9.17, 15) is 0 Å². The summed E-state index contributed by atoms with van der Waals surface area (Å²) in [6, 6.07) is 4.88. The van der Waals surface area contributed by atoms with E-state index in [0.29, 0.717) is 6.04 Å². The number of nitrogens with zero attached hydrogens (tertiary/aromatic N) is 1. The predicted molar refractivity (Wildman–Crippen MR) is 81.3 cm³/mol. The highest BCUT2D eigenvalue weighted by molar-refractivity contribution is 7.98. The lowest BCUT2D eigenvalue weighted by molar-refractivity contribution is 0.181. The van der Waals surface area contributed by atoms with Gasteiger partial charge < -0.3 is 5.73 Å². The van der Waals surface area contributed by atoms with Crippen molar-refractivity contribution in [2.45, 2.75) is 32.0 Å². The van der Waals surface area contributed by atoms with Crippen LogP contribution in [0.5, 0.6) is 0 Å². The summed E-state index contributed by atoms with van der Waals surface area (Å²) in [5, 5.41) is 0. The first-order valence-corrected chi connectivity index (χ1v) is 8.28. The van der Waals surface area contributed by atoms with Crippen molar-refractivity contribution < 1.29 is 0 Å².